The van der Waals surface area contributed by atoms with Gasteiger partial charge in [-0.05, 0) is 49.4 Å². The molecule has 1 fully saturated rings. The van der Waals surface area contributed by atoms with Gasteiger partial charge < -0.3 is 5.32 Å². The maximum Gasteiger partial charge on any atom is 0.175 e. The fourth-order valence-electron chi connectivity index (χ4n) is 3.22. The normalized spacial score (nSPS) is 28.5. The van der Waals surface area contributed by atoms with Crippen molar-refractivity contribution in [3.63, 3.8) is 0 Å². The lowest BCUT2D eigenvalue weighted by atomic mass is 9.72. The van der Waals surface area contributed by atoms with Crippen LogP contribution in [-0.2, 0) is 13.5 Å². The summed E-state index contributed by atoms with van der Waals surface area (Å²) in [5.74, 6) is 3.27. The minimum atomic E-state index is 0.709. The molecule has 0 amide bonds. The number of tetrazole rings is 1. The van der Waals surface area contributed by atoms with Crippen LogP contribution in [0.1, 0.15) is 38.4 Å². The van der Waals surface area contributed by atoms with Crippen molar-refractivity contribution in [2.75, 3.05) is 13.6 Å². The smallest absolute Gasteiger partial charge is 0.175 e. The van der Waals surface area contributed by atoms with Crippen molar-refractivity contribution in [3.8, 4) is 0 Å². The van der Waals surface area contributed by atoms with Crippen LogP contribution in [0.4, 0.5) is 0 Å². The summed E-state index contributed by atoms with van der Waals surface area (Å²) in [6.45, 7) is 3.42. The van der Waals surface area contributed by atoms with Crippen molar-refractivity contribution >= 4 is 0 Å². The molecule has 0 spiro atoms. The molecule has 3 atom stereocenters. The Morgan fingerprint density at radius 1 is 1.33 bits per heavy atom. The molecule has 0 radical (unpaired) electrons. The van der Waals surface area contributed by atoms with Gasteiger partial charge in [-0.25, -0.2) is 0 Å². The molecule has 1 N–H and O–H groups in total. The highest BCUT2D eigenvalue weighted by molar-refractivity contribution is 4.88. The third-order valence-electron chi connectivity index (χ3n) is 4.29. The predicted octanol–water partition coefficient (Wildman–Crippen LogP) is 1.41. The Labute approximate surface area is 109 Å². The van der Waals surface area contributed by atoms with Crippen LogP contribution in [0.15, 0.2) is 0 Å². The number of hydrogen-bond donors (Lipinski definition) is 1. The zero-order chi connectivity index (χ0) is 13.0. The summed E-state index contributed by atoms with van der Waals surface area (Å²) >= 11 is 0. The summed E-state index contributed by atoms with van der Waals surface area (Å²) in [5, 5.41) is 15.7. The molecular formula is C13H25N5. The zero-order valence-corrected chi connectivity index (χ0v) is 11.8. The van der Waals surface area contributed by atoms with E-state index in [0.29, 0.717) is 5.92 Å². The molecule has 1 heterocycles. The van der Waals surface area contributed by atoms with Crippen LogP contribution in [0.3, 0.4) is 0 Å². The van der Waals surface area contributed by atoms with E-state index in [1.165, 1.54) is 25.7 Å². The van der Waals surface area contributed by atoms with E-state index in [9.17, 15) is 0 Å². The number of nitrogens with one attached hydrogen (secondary N) is 1. The van der Waals surface area contributed by atoms with E-state index in [0.717, 1.165) is 30.6 Å². The van der Waals surface area contributed by atoms with Crippen LogP contribution >= 0.6 is 0 Å². The topological polar surface area (TPSA) is 55.6 Å². The molecule has 2 rings (SSSR count). The van der Waals surface area contributed by atoms with Crippen molar-refractivity contribution in [3.05, 3.63) is 5.82 Å². The van der Waals surface area contributed by atoms with Gasteiger partial charge in [0, 0.05) is 6.42 Å². The van der Waals surface area contributed by atoms with Crippen LogP contribution in [-0.4, -0.2) is 33.8 Å². The molecule has 0 bridgehead atoms. The van der Waals surface area contributed by atoms with Gasteiger partial charge in [0.05, 0.1) is 7.05 Å². The molecule has 5 heteroatoms. The van der Waals surface area contributed by atoms with Crippen molar-refractivity contribution < 1.29 is 0 Å². The molecule has 1 saturated carbocycles. The molecule has 1 aliphatic rings. The SMILES string of the molecule is CCC1CCC(CNC)C(Cc2nnn(C)n2)C1. The van der Waals surface area contributed by atoms with Gasteiger partial charge in [-0.2, -0.15) is 4.80 Å². The average molecular weight is 251 g/mol. The number of hydrogen-bond acceptors (Lipinski definition) is 4. The van der Waals surface area contributed by atoms with Crippen LogP contribution in [0.25, 0.3) is 0 Å². The second-order valence-corrected chi connectivity index (χ2v) is 5.56. The zero-order valence-electron chi connectivity index (χ0n) is 11.8. The summed E-state index contributed by atoms with van der Waals surface area (Å²) < 4.78 is 0. The lowest BCUT2D eigenvalue weighted by molar-refractivity contribution is 0.171. The maximum absolute atomic E-state index is 4.32. The summed E-state index contributed by atoms with van der Waals surface area (Å²) in [4.78, 5) is 1.56. The lowest BCUT2D eigenvalue weighted by Crippen LogP contribution is -2.33. The quantitative estimate of drug-likeness (QED) is 0.860. The fourth-order valence-corrected chi connectivity index (χ4v) is 3.22. The lowest BCUT2D eigenvalue weighted by Gasteiger charge is -2.35. The molecule has 1 aromatic rings. The van der Waals surface area contributed by atoms with E-state index in [-0.39, 0.29) is 0 Å². The molecule has 1 aromatic heterocycles. The third kappa shape index (κ3) is 3.28. The van der Waals surface area contributed by atoms with Gasteiger partial charge in [0.25, 0.3) is 0 Å². The highest BCUT2D eigenvalue weighted by Crippen LogP contribution is 2.36. The second kappa shape index (κ2) is 6.27. The highest BCUT2D eigenvalue weighted by Gasteiger charge is 2.30. The van der Waals surface area contributed by atoms with Crippen molar-refractivity contribution in [1.29, 1.82) is 0 Å². The van der Waals surface area contributed by atoms with E-state index in [2.05, 4.69) is 27.7 Å². The molecule has 1 aliphatic carbocycles. The second-order valence-electron chi connectivity index (χ2n) is 5.56. The van der Waals surface area contributed by atoms with Gasteiger partial charge in [-0.1, -0.05) is 19.8 Å². The Balaban J connectivity index is 2.00. The van der Waals surface area contributed by atoms with Gasteiger partial charge in [-0.3, -0.25) is 0 Å². The summed E-state index contributed by atoms with van der Waals surface area (Å²) in [6, 6.07) is 0. The third-order valence-corrected chi connectivity index (χ3v) is 4.29. The monoisotopic (exact) mass is 251 g/mol. The molecule has 18 heavy (non-hydrogen) atoms. The standard InChI is InChI=1S/C13H25N5/c1-4-10-5-6-11(9-14-2)12(7-10)8-13-15-17-18(3)16-13/h10-12,14H,4-9H2,1-3H3. The molecule has 3 unspecified atom stereocenters. The highest BCUT2D eigenvalue weighted by atomic mass is 15.6. The summed E-state index contributed by atoms with van der Waals surface area (Å²) in [5.41, 5.74) is 0. The molecular weight excluding hydrogens is 226 g/mol. The van der Waals surface area contributed by atoms with E-state index in [1.807, 2.05) is 14.1 Å². The Morgan fingerprint density at radius 3 is 2.78 bits per heavy atom. The Kier molecular flexibility index (Phi) is 4.69. The first kappa shape index (κ1) is 13.5. The van der Waals surface area contributed by atoms with E-state index in [4.69, 9.17) is 0 Å². The number of rotatable bonds is 5. The first-order valence-electron chi connectivity index (χ1n) is 7.10. The van der Waals surface area contributed by atoms with Gasteiger partial charge in [0.15, 0.2) is 5.82 Å². The minimum Gasteiger partial charge on any atom is -0.319 e. The van der Waals surface area contributed by atoms with E-state index < -0.39 is 0 Å². The average Bonchev–Trinajstić information content (AvgIpc) is 2.77. The Hall–Kier alpha value is -0.970. The summed E-state index contributed by atoms with van der Waals surface area (Å²) in [6.07, 6.45) is 6.33. The molecule has 5 nitrogen and oxygen atoms in total. The maximum atomic E-state index is 4.32. The first-order chi connectivity index (χ1) is 8.72. The Morgan fingerprint density at radius 2 is 2.17 bits per heavy atom. The van der Waals surface area contributed by atoms with E-state index in [1.54, 1.807) is 4.80 Å². The molecule has 0 aromatic carbocycles. The van der Waals surface area contributed by atoms with Gasteiger partial charge >= 0.3 is 0 Å². The minimum absolute atomic E-state index is 0.709. The van der Waals surface area contributed by atoms with Crippen LogP contribution in [0.5, 0.6) is 0 Å². The van der Waals surface area contributed by atoms with E-state index >= 15 is 0 Å². The van der Waals surface area contributed by atoms with Crippen molar-refractivity contribution in [2.45, 2.75) is 39.0 Å². The number of nitrogens with zero attached hydrogens (tertiary/aromatic N) is 4. The Bertz CT molecular complexity index is 362. The van der Waals surface area contributed by atoms with Crippen molar-refractivity contribution in [2.24, 2.45) is 24.8 Å². The van der Waals surface area contributed by atoms with Gasteiger partial charge in [0.1, 0.15) is 0 Å². The van der Waals surface area contributed by atoms with Crippen LogP contribution < -0.4 is 5.32 Å². The summed E-state index contributed by atoms with van der Waals surface area (Å²) in [7, 11) is 3.88. The number of aromatic nitrogens is 4. The van der Waals surface area contributed by atoms with Crippen molar-refractivity contribution in [1.82, 2.24) is 25.5 Å². The first-order valence-corrected chi connectivity index (χ1v) is 7.10. The van der Waals surface area contributed by atoms with Crippen LogP contribution in [0.2, 0.25) is 0 Å². The fraction of sp³-hybridized carbons (Fsp3) is 0.923. The molecule has 0 saturated heterocycles. The number of aryl methyl sites for hydroxylation is 1. The molecule has 102 valence electrons. The predicted molar refractivity (Wildman–Crippen MR) is 71.0 cm³/mol. The van der Waals surface area contributed by atoms with Gasteiger partial charge in [-0.15, -0.1) is 10.2 Å². The largest absolute Gasteiger partial charge is 0.319 e. The van der Waals surface area contributed by atoms with Gasteiger partial charge in [0.2, 0.25) is 0 Å². The molecule has 0 aliphatic heterocycles. The van der Waals surface area contributed by atoms with Crippen LogP contribution in [0, 0.1) is 17.8 Å².